The molecule has 0 aliphatic carbocycles. The predicted octanol–water partition coefficient (Wildman–Crippen LogP) is 1.90. The Bertz CT molecular complexity index is 620. The number of fused-ring (bicyclic) bond motifs is 1. The summed E-state index contributed by atoms with van der Waals surface area (Å²) in [6, 6.07) is 8.26. The van der Waals surface area contributed by atoms with Crippen molar-refractivity contribution in [2.24, 2.45) is 0 Å². The van der Waals surface area contributed by atoms with Gasteiger partial charge in [0.15, 0.2) is 0 Å². The quantitative estimate of drug-likeness (QED) is 0.923. The van der Waals surface area contributed by atoms with Gasteiger partial charge in [-0.1, -0.05) is 18.2 Å². The van der Waals surface area contributed by atoms with E-state index in [4.69, 9.17) is 0 Å². The van der Waals surface area contributed by atoms with Crippen LogP contribution in [0.15, 0.2) is 36.7 Å². The van der Waals surface area contributed by atoms with E-state index < -0.39 is 0 Å². The smallest absolute Gasteiger partial charge is 0.243 e. The lowest BCUT2D eigenvalue weighted by Gasteiger charge is -2.18. The van der Waals surface area contributed by atoms with E-state index in [-0.39, 0.29) is 5.91 Å². The third-order valence-electron chi connectivity index (χ3n) is 3.56. The fraction of sp³-hybridized carbons (Fsp3) is 0.333. The van der Waals surface area contributed by atoms with Crippen molar-refractivity contribution in [1.82, 2.24) is 9.78 Å². The van der Waals surface area contributed by atoms with E-state index in [0.717, 1.165) is 25.2 Å². The Kier molecular flexibility index (Phi) is 3.41. The number of carbonyl (C=O) groups is 1. The average Bonchev–Trinajstić information content (AvgIpc) is 3.06. The number of hydrogen-bond donors (Lipinski definition) is 1. The molecule has 20 heavy (non-hydrogen) atoms. The van der Waals surface area contributed by atoms with E-state index in [1.807, 2.05) is 25.3 Å². The van der Waals surface area contributed by atoms with Crippen LogP contribution < -0.4 is 10.2 Å². The molecule has 0 saturated carbocycles. The number of amides is 1. The largest absolute Gasteiger partial charge is 0.362 e. The van der Waals surface area contributed by atoms with Crippen molar-refractivity contribution in [2.75, 3.05) is 23.3 Å². The van der Waals surface area contributed by atoms with Crippen molar-refractivity contribution in [2.45, 2.75) is 19.9 Å². The second-order valence-corrected chi connectivity index (χ2v) is 4.93. The summed E-state index contributed by atoms with van der Waals surface area (Å²) < 4.78 is 1.79. The molecular formula is C15H18N4O. The van der Waals surface area contributed by atoms with E-state index in [9.17, 15) is 4.79 Å². The molecule has 2 heterocycles. The highest BCUT2D eigenvalue weighted by Gasteiger charge is 2.20. The first-order valence-corrected chi connectivity index (χ1v) is 6.91. The number of anilines is 2. The van der Waals surface area contributed by atoms with Crippen LogP contribution in [0.4, 0.5) is 11.4 Å². The van der Waals surface area contributed by atoms with E-state index >= 15 is 0 Å². The van der Waals surface area contributed by atoms with E-state index in [2.05, 4.69) is 27.4 Å². The van der Waals surface area contributed by atoms with Crippen molar-refractivity contribution < 1.29 is 4.79 Å². The molecule has 0 unspecified atom stereocenters. The molecule has 2 aromatic rings. The molecule has 5 nitrogen and oxygen atoms in total. The third-order valence-corrected chi connectivity index (χ3v) is 3.56. The molecule has 0 bridgehead atoms. The number of carbonyl (C=O) groups excluding carboxylic acids is 1. The molecule has 1 amide bonds. The van der Waals surface area contributed by atoms with E-state index in [1.165, 1.54) is 11.3 Å². The molecule has 5 heteroatoms. The highest BCUT2D eigenvalue weighted by molar-refractivity contribution is 5.94. The highest BCUT2D eigenvalue weighted by atomic mass is 16.2. The van der Waals surface area contributed by atoms with Crippen molar-refractivity contribution in [3.8, 4) is 0 Å². The SMILES string of the molecule is CCn1cc(NC(=O)CN2CCc3ccccc32)cn1. The van der Waals surface area contributed by atoms with Gasteiger partial charge in [-0.3, -0.25) is 9.48 Å². The minimum atomic E-state index is -0.00245. The summed E-state index contributed by atoms with van der Waals surface area (Å²) in [6.45, 7) is 4.10. The second kappa shape index (κ2) is 5.36. The Labute approximate surface area is 118 Å². The lowest BCUT2D eigenvalue weighted by Crippen LogP contribution is -2.31. The first-order valence-electron chi connectivity index (χ1n) is 6.91. The second-order valence-electron chi connectivity index (χ2n) is 4.93. The standard InChI is InChI=1S/C15H18N4O/c1-2-19-10-13(9-16-19)17-15(20)11-18-8-7-12-5-3-4-6-14(12)18/h3-6,9-10H,2,7-8,11H2,1H3,(H,17,20). The van der Waals surface area contributed by atoms with Crippen LogP contribution in [0.5, 0.6) is 0 Å². The number of para-hydroxylation sites is 1. The molecule has 3 rings (SSSR count). The van der Waals surface area contributed by atoms with Crippen LogP contribution in [0, 0.1) is 0 Å². The van der Waals surface area contributed by atoms with Crippen molar-refractivity contribution in [3.05, 3.63) is 42.2 Å². The van der Waals surface area contributed by atoms with Gasteiger partial charge in [0.25, 0.3) is 0 Å². The molecule has 1 aromatic heterocycles. The molecule has 0 spiro atoms. The zero-order chi connectivity index (χ0) is 13.9. The molecule has 1 aliphatic rings. The first-order chi connectivity index (χ1) is 9.76. The fourth-order valence-electron chi connectivity index (χ4n) is 2.55. The maximum atomic E-state index is 12.1. The number of hydrogen-bond acceptors (Lipinski definition) is 3. The van der Waals surface area contributed by atoms with Gasteiger partial charge >= 0.3 is 0 Å². The maximum absolute atomic E-state index is 12.1. The van der Waals surface area contributed by atoms with Crippen LogP contribution in [-0.4, -0.2) is 28.8 Å². The zero-order valence-corrected chi connectivity index (χ0v) is 11.5. The minimum Gasteiger partial charge on any atom is -0.362 e. The van der Waals surface area contributed by atoms with E-state index in [0.29, 0.717) is 6.54 Å². The number of aromatic nitrogens is 2. The normalized spacial score (nSPS) is 13.3. The topological polar surface area (TPSA) is 50.2 Å². The van der Waals surface area contributed by atoms with Crippen LogP contribution >= 0.6 is 0 Å². The lowest BCUT2D eigenvalue weighted by molar-refractivity contribution is -0.115. The molecule has 0 saturated heterocycles. The fourth-order valence-corrected chi connectivity index (χ4v) is 2.55. The molecule has 1 aliphatic heterocycles. The molecule has 0 fully saturated rings. The third kappa shape index (κ3) is 2.52. The Morgan fingerprint density at radius 1 is 1.40 bits per heavy atom. The zero-order valence-electron chi connectivity index (χ0n) is 11.5. The molecule has 1 N–H and O–H groups in total. The maximum Gasteiger partial charge on any atom is 0.243 e. The van der Waals surface area contributed by atoms with Gasteiger partial charge in [-0.25, -0.2) is 0 Å². The highest BCUT2D eigenvalue weighted by Crippen LogP contribution is 2.26. The van der Waals surface area contributed by atoms with Crippen molar-refractivity contribution in [3.63, 3.8) is 0 Å². The summed E-state index contributed by atoms with van der Waals surface area (Å²) in [4.78, 5) is 14.2. The summed E-state index contributed by atoms with van der Waals surface area (Å²) in [5.74, 6) is -0.00245. The van der Waals surface area contributed by atoms with Crippen LogP contribution in [0.1, 0.15) is 12.5 Å². The van der Waals surface area contributed by atoms with Gasteiger partial charge in [-0.2, -0.15) is 5.10 Å². The molecular weight excluding hydrogens is 252 g/mol. The van der Waals surface area contributed by atoms with Crippen LogP contribution in [0.3, 0.4) is 0 Å². The Morgan fingerprint density at radius 3 is 3.05 bits per heavy atom. The minimum absolute atomic E-state index is 0.00245. The summed E-state index contributed by atoms with van der Waals surface area (Å²) in [5.41, 5.74) is 3.25. The van der Waals surface area contributed by atoms with Crippen molar-refractivity contribution >= 4 is 17.3 Å². The van der Waals surface area contributed by atoms with Gasteiger partial charge < -0.3 is 10.2 Å². The van der Waals surface area contributed by atoms with Gasteiger partial charge in [0.2, 0.25) is 5.91 Å². The van der Waals surface area contributed by atoms with Gasteiger partial charge in [0.05, 0.1) is 18.4 Å². The predicted molar refractivity (Wildman–Crippen MR) is 78.9 cm³/mol. The van der Waals surface area contributed by atoms with Crippen LogP contribution in [0.25, 0.3) is 0 Å². The average molecular weight is 270 g/mol. The summed E-state index contributed by atoms with van der Waals surface area (Å²) in [6.07, 6.45) is 4.53. The summed E-state index contributed by atoms with van der Waals surface area (Å²) in [5, 5.41) is 7.03. The number of nitrogens with one attached hydrogen (secondary N) is 1. The molecule has 0 radical (unpaired) electrons. The monoisotopic (exact) mass is 270 g/mol. The van der Waals surface area contributed by atoms with Gasteiger partial charge in [0, 0.05) is 25.0 Å². The van der Waals surface area contributed by atoms with Gasteiger partial charge in [0.1, 0.15) is 0 Å². The van der Waals surface area contributed by atoms with Crippen LogP contribution in [-0.2, 0) is 17.8 Å². The molecule has 104 valence electrons. The summed E-state index contributed by atoms with van der Waals surface area (Å²) in [7, 11) is 0. The van der Waals surface area contributed by atoms with Crippen LogP contribution in [0.2, 0.25) is 0 Å². The van der Waals surface area contributed by atoms with E-state index in [1.54, 1.807) is 10.9 Å². The van der Waals surface area contributed by atoms with Gasteiger partial charge in [-0.05, 0) is 25.0 Å². The first kappa shape index (κ1) is 12.7. The Hall–Kier alpha value is -2.30. The lowest BCUT2D eigenvalue weighted by atomic mass is 10.2. The number of benzene rings is 1. The molecule has 0 atom stereocenters. The number of rotatable bonds is 4. The Morgan fingerprint density at radius 2 is 2.25 bits per heavy atom. The number of nitrogens with zero attached hydrogens (tertiary/aromatic N) is 3. The molecule has 1 aromatic carbocycles. The van der Waals surface area contributed by atoms with Crippen molar-refractivity contribution in [1.29, 1.82) is 0 Å². The number of aryl methyl sites for hydroxylation is 1. The Balaban J connectivity index is 1.62. The summed E-state index contributed by atoms with van der Waals surface area (Å²) >= 11 is 0. The van der Waals surface area contributed by atoms with Gasteiger partial charge in [-0.15, -0.1) is 0 Å².